The van der Waals surface area contributed by atoms with Crippen molar-refractivity contribution in [2.24, 2.45) is 5.92 Å². The molecule has 3 aliphatic heterocycles. The molecule has 2 fully saturated rings. The summed E-state index contributed by atoms with van der Waals surface area (Å²) in [4.78, 5) is 35.4. The van der Waals surface area contributed by atoms with Gasteiger partial charge in [0.15, 0.2) is 0 Å². The number of hydrogen-bond acceptors (Lipinski definition) is 6. The number of aromatic nitrogens is 3. The van der Waals surface area contributed by atoms with Crippen LogP contribution in [0, 0.1) is 5.92 Å². The molecule has 0 radical (unpaired) electrons. The van der Waals surface area contributed by atoms with Gasteiger partial charge in [-0.25, -0.2) is 4.98 Å². The number of anilines is 1. The molecule has 3 aromatic rings. The van der Waals surface area contributed by atoms with Gasteiger partial charge >= 0.3 is 0 Å². The molecule has 6 rings (SSSR count). The number of carbonyl (C=O) groups is 2. The van der Waals surface area contributed by atoms with Gasteiger partial charge in [0.2, 0.25) is 11.8 Å². The van der Waals surface area contributed by atoms with Gasteiger partial charge in [-0.3, -0.25) is 14.3 Å². The smallest absolute Gasteiger partial charge is 0.227 e. The fourth-order valence-electron chi connectivity index (χ4n) is 6.24. The summed E-state index contributed by atoms with van der Waals surface area (Å²) in [5.41, 5.74) is 4.41. The molecule has 200 valence electrons. The van der Waals surface area contributed by atoms with E-state index in [1.54, 1.807) is 11.8 Å². The Kier molecular flexibility index (Phi) is 6.55. The van der Waals surface area contributed by atoms with E-state index in [0.717, 1.165) is 85.4 Å². The van der Waals surface area contributed by atoms with Gasteiger partial charge in [-0.05, 0) is 30.7 Å². The maximum atomic E-state index is 12.5. The standard InChI is InChI=1S/C29H36N6O3/c1-19(36)33-12-8-26-25(18-33)28(31-35(26)22-9-13-38-14-10-22)23-6-4-5-20-15-27(30-16-24(20)23)34-11-7-21(17-34)29(37)32(2)3/h4-6,15-16,21-22H,7-14,17-18H2,1-3H3. The van der Waals surface area contributed by atoms with Gasteiger partial charge in [-0.15, -0.1) is 0 Å². The largest absolute Gasteiger partial charge is 0.381 e. The summed E-state index contributed by atoms with van der Waals surface area (Å²) in [5.74, 6) is 1.20. The first kappa shape index (κ1) is 24.9. The molecule has 0 bridgehead atoms. The van der Waals surface area contributed by atoms with Crippen molar-refractivity contribution in [3.63, 3.8) is 0 Å². The predicted octanol–water partition coefficient (Wildman–Crippen LogP) is 3.27. The summed E-state index contributed by atoms with van der Waals surface area (Å²) >= 11 is 0. The highest BCUT2D eigenvalue weighted by atomic mass is 16.5. The average molecular weight is 517 g/mol. The monoisotopic (exact) mass is 516 g/mol. The number of ether oxygens (including phenoxy) is 1. The molecule has 0 spiro atoms. The normalized spacial score (nSPS) is 20.1. The molecule has 2 amide bonds. The van der Waals surface area contributed by atoms with Crippen LogP contribution in [0.15, 0.2) is 30.5 Å². The average Bonchev–Trinajstić information content (AvgIpc) is 3.58. The number of pyridine rings is 1. The highest BCUT2D eigenvalue weighted by Crippen LogP contribution is 2.37. The number of benzene rings is 1. The molecule has 38 heavy (non-hydrogen) atoms. The minimum absolute atomic E-state index is 0.0127. The SMILES string of the molecule is CC(=O)N1CCc2c(c(-c3cccc4cc(N5CCC(C(=O)N(C)C)C5)ncc34)nn2C2CCOCC2)C1. The van der Waals surface area contributed by atoms with Crippen molar-refractivity contribution >= 4 is 28.4 Å². The second-order valence-corrected chi connectivity index (χ2v) is 11.0. The molecule has 0 aliphatic carbocycles. The second kappa shape index (κ2) is 10.0. The van der Waals surface area contributed by atoms with E-state index in [2.05, 4.69) is 33.8 Å². The van der Waals surface area contributed by atoms with E-state index in [1.165, 1.54) is 5.69 Å². The number of carbonyl (C=O) groups excluding carboxylic acids is 2. The topological polar surface area (TPSA) is 83.8 Å². The van der Waals surface area contributed by atoms with Crippen molar-refractivity contribution in [1.29, 1.82) is 0 Å². The van der Waals surface area contributed by atoms with Gasteiger partial charge in [0.25, 0.3) is 0 Å². The lowest BCUT2D eigenvalue weighted by Crippen LogP contribution is -2.35. The number of nitrogens with zero attached hydrogens (tertiary/aromatic N) is 6. The van der Waals surface area contributed by atoms with Crippen molar-refractivity contribution in [3.05, 3.63) is 41.7 Å². The summed E-state index contributed by atoms with van der Waals surface area (Å²) in [6, 6.07) is 8.77. The molecule has 3 aliphatic rings. The van der Waals surface area contributed by atoms with Crippen molar-refractivity contribution in [1.82, 2.24) is 24.6 Å². The van der Waals surface area contributed by atoms with Crippen LogP contribution >= 0.6 is 0 Å². The van der Waals surface area contributed by atoms with E-state index in [0.29, 0.717) is 19.1 Å². The maximum Gasteiger partial charge on any atom is 0.227 e. The van der Waals surface area contributed by atoms with Crippen LogP contribution in [-0.4, -0.2) is 83.3 Å². The molecule has 0 N–H and O–H groups in total. The summed E-state index contributed by atoms with van der Waals surface area (Å²) < 4.78 is 7.85. The van der Waals surface area contributed by atoms with E-state index in [4.69, 9.17) is 14.8 Å². The first-order chi connectivity index (χ1) is 18.4. The van der Waals surface area contributed by atoms with Gasteiger partial charge in [-0.2, -0.15) is 5.10 Å². The summed E-state index contributed by atoms with van der Waals surface area (Å²) in [5, 5.41) is 7.37. The third-order valence-electron chi connectivity index (χ3n) is 8.38. The lowest BCUT2D eigenvalue weighted by atomic mass is 9.97. The highest BCUT2D eigenvalue weighted by molar-refractivity contribution is 5.97. The van der Waals surface area contributed by atoms with Gasteiger partial charge in [0.1, 0.15) is 5.82 Å². The number of fused-ring (bicyclic) bond motifs is 2. The highest BCUT2D eigenvalue weighted by Gasteiger charge is 2.32. The van der Waals surface area contributed by atoms with E-state index in [9.17, 15) is 9.59 Å². The van der Waals surface area contributed by atoms with E-state index in [-0.39, 0.29) is 17.7 Å². The maximum absolute atomic E-state index is 12.5. The molecule has 1 atom stereocenters. The van der Waals surface area contributed by atoms with Crippen molar-refractivity contribution in [3.8, 4) is 11.3 Å². The third kappa shape index (κ3) is 4.42. The van der Waals surface area contributed by atoms with Crippen LogP contribution in [0.2, 0.25) is 0 Å². The Hall–Kier alpha value is -3.46. The van der Waals surface area contributed by atoms with Gasteiger partial charge in [-0.1, -0.05) is 18.2 Å². The van der Waals surface area contributed by atoms with E-state index >= 15 is 0 Å². The van der Waals surface area contributed by atoms with Crippen LogP contribution < -0.4 is 4.90 Å². The van der Waals surface area contributed by atoms with E-state index in [1.807, 2.05) is 25.2 Å². The molecule has 2 aromatic heterocycles. The molecular formula is C29H36N6O3. The molecule has 9 heteroatoms. The van der Waals surface area contributed by atoms with Gasteiger partial charge in [0, 0.05) is 95.2 Å². The zero-order valence-corrected chi connectivity index (χ0v) is 22.5. The van der Waals surface area contributed by atoms with Crippen LogP contribution in [0.3, 0.4) is 0 Å². The van der Waals surface area contributed by atoms with E-state index < -0.39 is 0 Å². The molecule has 0 saturated carbocycles. The number of amides is 2. The van der Waals surface area contributed by atoms with Crippen LogP contribution in [0.4, 0.5) is 5.82 Å². The zero-order chi connectivity index (χ0) is 26.4. The van der Waals surface area contributed by atoms with Crippen LogP contribution in [0.1, 0.15) is 43.5 Å². The minimum Gasteiger partial charge on any atom is -0.381 e. The molecule has 1 aromatic carbocycles. The Morgan fingerprint density at radius 3 is 2.68 bits per heavy atom. The first-order valence-corrected chi connectivity index (χ1v) is 13.7. The fraction of sp³-hybridized carbons (Fsp3) is 0.517. The third-order valence-corrected chi connectivity index (χ3v) is 8.38. The van der Waals surface area contributed by atoms with Crippen LogP contribution in [0.25, 0.3) is 22.0 Å². The lowest BCUT2D eigenvalue weighted by molar-refractivity contribution is -0.132. The Morgan fingerprint density at radius 2 is 1.92 bits per heavy atom. The Balaban J connectivity index is 1.37. The minimum atomic E-state index is 0.0127. The van der Waals surface area contributed by atoms with Crippen molar-refractivity contribution in [2.75, 3.05) is 51.8 Å². The molecule has 2 saturated heterocycles. The molecule has 9 nitrogen and oxygen atoms in total. The summed E-state index contributed by atoms with van der Waals surface area (Å²) in [6.07, 6.45) is 5.52. The van der Waals surface area contributed by atoms with Gasteiger partial charge < -0.3 is 19.4 Å². The Morgan fingerprint density at radius 1 is 1.11 bits per heavy atom. The second-order valence-electron chi connectivity index (χ2n) is 11.0. The molecule has 5 heterocycles. The lowest BCUT2D eigenvalue weighted by Gasteiger charge is -2.29. The Labute approximate surface area is 223 Å². The summed E-state index contributed by atoms with van der Waals surface area (Å²) in [7, 11) is 3.64. The number of rotatable bonds is 4. The summed E-state index contributed by atoms with van der Waals surface area (Å²) in [6.45, 7) is 5.99. The molecule has 1 unspecified atom stereocenters. The van der Waals surface area contributed by atoms with Crippen LogP contribution in [-0.2, 0) is 27.3 Å². The predicted molar refractivity (Wildman–Crippen MR) is 146 cm³/mol. The Bertz CT molecular complexity index is 1380. The van der Waals surface area contributed by atoms with Crippen molar-refractivity contribution < 1.29 is 14.3 Å². The van der Waals surface area contributed by atoms with Crippen molar-refractivity contribution in [2.45, 2.75) is 45.2 Å². The zero-order valence-electron chi connectivity index (χ0n) is 22.5. The number of hydrogen-bond donors (Lipinski definition) is 0. The molecular weight excluding hydrogens is 480 g/mol. The van der Waals surface area contributed by atoms with Gasteiger partial charge in [0.05, 0.1) is 17.7 Å². The fourth-order valence-corrected chi connectivity index (χ4v) is 6.24. The quantitative estimate of drug-likeness (QED) is 0.529. The first-order valence-electron chi connectivity index (χ1n) is 13.7. The van der Waals surface area contributed by atoms with Crippen LogP contribution in [0.5, 0.6) is 0 Å².